The van der Waals surface area contributed by atoms with E-state index < -0.39 is 0 Å². The average molecular weight is 226 g/mol. The summed E-state index contributed by atoms with van der Waals surface area (Å²) in [5.41, 5.74) is 5.78. The molecular formula is C8H13Cl2NS. The minimum atomic E-state index is 0. The van der Waals surface area contributed by atoms with Crippen molar-refractivity contribution in [3.05, 3.63) is 21.3 Å². The lowest BCUT2D eigenvalue weighted by atomic mass is 10.1. The predicted molar refractivity (Wildman–Crippen MR) is 58.5 cm³/mol. The smallest absolute Gasteiger partial charge is 0.0931 e. The Bertz CT molecular complexity index is 225. The van der Waals surface area contributed by atoms with Gasteiger partial charge in [0.05, 0.1) is 4.34 Å². The van der Waals surface area contributed by atoms with E-state index in [1.165, 1.54) is 4.88 Å². The number of nitrogens with two attached hydrogens (primary N) is 1. The van der Waals surface area contributed by atoms with Gasteiger partial charge in [-0.05, 0) is 25.0 Å². The van der Waals surface area contributed by atoms with Crippen LogP contribution in [-0.2, 0) is 6.42 Å². The topological polar surface area (TPSA) is 26.0 Å². The summed E-state index contributed by atoms with van der Waals surface area (Å²) >= 11 is 7.38. The molecule has 0 saturated carbocycles. The van der Waals surface area contributed by atoms with E-state index >= 15 is 0 Å². The number of halogens is 2. The van der Waals surface area contributed by atoms with Crippen LogP contribution in [0, 0.1) is 0 Å². The van der Waals surface area contributed by atoms with E-state index in [0.29, 0.717) is 0 Å². The molecule has 1 aromatic rings. The SMILES string of the molecule is CCC(N)Cc1ccc(Cl)s1.Cl. The van der Waals surface area contributed by atoms with Gasteiger partial charge in [0.2, 0.25) is 0 Å². The van der Waals surface area contributed by atoms with Crippen LogP contribution in [0.2, 0.25) is 4.34 Å². The van der Waals surface area contributed by atoms with Gasteiger partial charge in [-0.15, -0.1) is 23.7 Å². The van der Waals surface area contributed by atoms with Gasteiger partial charge < -0.3 is 5.73 Å². The molecule has 0 fully saturated rings. The molecule has 1 nitrogen and oxygen atoms in total. The van der Waals surface area contributed by atoms with Gasteiger partial charge in [-0.1, -0.05) is 18.5 Å². The van der Waals surface area contributed by atoms with Crippen molar-refractivity contribution in [2.24, 2.45) is 5.73 Å². The second-order valence-corrected chi connectivity index (χ2v) is 4.38. The second-order valence-electron chi connectivity index (χ2n) is 2.58. The Morgan fingerprint density at radius 1 is 1.58 bits per heavy atom. The Morgan fingerprint density at radius 3 is 2.67 bits per heavy atom. The summed E-state index contributed by atoms with van der Waals surface area (Å²) in [5.74, 6) is 0. The Hall–Kier alpha value is 0.240. The summed E-state index contributed by atoms with van der Waals surface area (Å²) in [4.78, 5) is 1.28. The van der Waals surface area contributed by atoms with Gasteiger partial charge in [0.1, 0.15) is 0 Å². The molecule has 1 rings (SSSR count). The first-order chi connectivity index (χ1) is 5.22. The molecule has 1 unspecified atom stereocenters. The van der Waals surface area contributed by atoms with E-state index in [1.807, 2.05) is 12.1 Å². The lowest BCUT2D eigenvalue weighted by Gasteiger charge is -2.04. The highest BCUT2D eigenvalue weighted by Crippen LogP contribution is 2.22. The number of hydrogen-bond donors (Lipinski definition) is 1. The molecular weight excluding hydrogens is 213 g/mol. The molecule has 0 aliphatic carbocycles. The molecule has 1 heterocycles. The van der Waals surface area contributed by atoms with Crippen LogP contribution < -0.4 is 5.73 Å². The largest absolute Gasteiger partial charge is 0.327 e. The van der Waals surface area contributed by atoms with Gasteiger partial charge >= 0.3 is 0 Å². The molecule has 0 radical (unpaired) electrons. The van der Waals surface area contributed by atoms with Crippen LogP contribution in [-0.4, -0.2) is 6.04 Å². The van der Waals surface area contributed by atoms with E-state index in [0.717, 1.165) is 17.2 Å². The van der Waals surface area contributed by atoms with Crippen molar-refractivity contribution in [3.63, 3.8) is 0 Å². The van der Waals surface area contributed by atoms with Gasteiger partial charge in [-0.3, -0.25) is 0 Å². The van der Waals surface area contributed by atoms with Crippen LogP contribution >= 0.6 is 35.3 Å². The fourth-order valence-electron chi connectivity index (χ4n) is 0.864. The predicted octanol–water partition coefficient (Wildman–Crippen LogP) is 3.10. The molecule has 1 aromatic heterocycles. The molecule has 0 bridgehead atoms. The van der Waals surface area contributed by atoms with Crippen molar-refractivity contribution >= 4 is 35.3 Å². The van der Waals surface area contributed by atoms with Gasteiger partial charge in [-0.25, -0.2) is 0 Å². The quantitative estimate of drug-likeness (QED) is 0.841. The lowest BCUT2D eigenvalue weighted by Crippen LogP contribution is -2.20. The van der Waals surface area contributed by atoms with Crippen LogP contribution in [0.1, 0.15) is 18.2 Å². The molecule has 0 aliphatic heterocycles. The highest BCUT2D eigenvalue weighted by atomic mass is 35.5. The molecule has 2 N–H and O–H groups in total. The fraction of sp³-hybridized carbons (Fsp3) is 0.500. The van der Waals surface area contributed by atoms with Crippen LogP contribution in [0.3, 0.4) is 0 Å². The Labute approximate surface area is 88.3 Å². The first-order valence-corrected chi connectivity index (χ1v) is 4.91. The number of hydrogen-bond acceptors (Lipinski definition) is 2. The summed E-state index contributed by atoms with van der Waals surface area (Å²) in [6.45, 7) is 2.10. The third-order valence-corrected chi connectivity index (χ3v) is 2.87. The fourth-order valence-corrected chi connectivity index (χ4v) is 2.04. The van der Waals surface area contributed by atoms with Crippen LogP contribution in [0.15, 0.2) is 12.1 Å². The second kappa shape index (κ2) is 5.81. The average Bonchev–Trinajstić information content (AvgIpc) is 2.35. The number of thiophene rings is 1. The minimum absolute atomic E-state index is 0. The summed E-state index contributed by atoms with van der Waals surface area (Å²) in [5, 5.41) is 0. The third-order valence-electron chi connectivity index (χ3n) is 1.62. The van der Waals surface area contributed by atoms with Crippen molar-refractivity contribution in [1.82, 2.24) is 0 Å². The summed E-state index contributed by atoms with van der Waals surface area (Å²) < 4.78 is 0.850. The highest BCUT2D eigenvalue weighted by molar-refractivity contribution is 7.16. The lowest BCUT2D eigenvalue weighted by molar-refractivity contribution is 0.652. The maximum atomic E-state index is 5.78. The maximum Gasteiger partial charge on any atom is 0.0931 e. The van der Waals surface area contributed by atoms with Crippen molar-refractivity contribution < 1.29 is 0 Å². The van der Waals surface area contributed by atoms with Crippen molar-refractivity contribution in [3.8, 4) is 0 Å². The van der Waals surface area contributed by atoms with E-state index in [1.54, 1.807) is 11.3 Å². The van der Waals surface area contributed by atoms with Gasteiger partial charge in [0.15, 0.2) is 0 Å². The van der Waals surface area contributed by atoms with Crippen LogP contribution in [0.4, 0.5) is 0 Å². The van der Waals surface area contributed by atoms with Crippen LogP contribution in [0.25, 0.3) is 0 Å². The first kappa shape index (κ1) is 12.2. The zero-order valence-corrected chi connectivity index (χ0v) is 9.31. The molecule has 1 atom stereocenters. The van der Waals surface area contributed by atoms with Crippen molar-refractivity contribution in [2.75, 3.05) is 0 Å². The van der Waals surface area contributed by atoms with Gasteiger partial charge in [0, 0.05) is 10.9 Å². The summed E-state index contributed by atoms with van der Waals surface area (Å²) in [6.07, 6.45) is 1.98. The monoisotopic (exact) mass is 225 g/mol. The Balaban J connectivity index is 0.00000121. The molecule has 0 spiro atoms. The van der Waals surface area contributed by atoms with E-state index in [9.17, 15) is 0 Å². The molecule has 4 heteroatoms. The molecule has 0 aliphatic rings. The molecule has 0 saturated heterocycles. The number of rotatable bonds is 3. The summed E-state index contributed by atoms with van der Waals surface area (Å²) in [6, 6.07) is 4.25. The first-order valence-electron chi connectivity index (χ1n) is 3.72. The molecule has 70 valence electrons. The van der Waals surface area contributed by atoms with Crippen LogP contribution in [0.5, 0.6) is 0 Å². The highest BCUT2D eigenvalue weighted by Gasteiger charge is 2.02. The molecule has 0 amide bonds. The zero-order chi connectivity index (χ0) is 8.27. The van der Waals surface area contributed by atoms with Crippen molar-refractivity contribution in [2.45, 2.75) is 25.8 Å². The molecule has 0 aromatic carbocycles. The Kier molecular flexibility index (Phi) is 5.93. The van der Waals surface area contributed by atoms with Gasteiger partial charge in [-0.2, -0.15) is 0 Å². The Morgan fingerprint density at radius 2 is 2.25 bits per heavy atom. The molecule has 12 heavy (non-hydrogen) atoms. The third kappa shape index (κ3) is 3.76. The summed E-state index contributed by atoms with van der Waals surface area (Å²) in [7, 11) is 0. The van der Waals surface area contributed by atoms with Gasteiger partial charge in [0.25, 0.3) is 0 Å². The van der Waals surface area contributed by atoms with Crippen molar-refractivity contribution in [1.29, 1.82) is 0 Å². The van der Waals surface area contributed by atoms with E-state index in [4.69, 9.17) is 17.3 Å². The minimum Gasteiger partial charge on any atom is -0.327 e. The van der Waals surface area contributed by atoms with E-state index in [-0.39, 0.29) is 18.4 Å². The van der Waals surface area contributed by atoms with E-state index in [2.05, 4.69) is 6.92 Å². The normalized spacial score (nSPS) is 12.2. The standard InChI is InChI=1S/C8H12ClNS.ClH/c1-2-6(10)5-7-3-4-8(9)11-7;/h3-4,6H,2,5,10H2,1H3;1H. The zero-order valence-electron chi connectivity index (χ0n) is 6.92. The maximum absolute atomic E-state index is 5.78.